The SMILES string of the molecule is O=C(O)c1nc2n(c1CBr)C1CC(C1)c1ccc(Br)cc1-2. The Morgan fingerprint density at radius 1 is 1.43 bits per heavy atom. The molecular weight excluding hydrogens is 400 g/mol. The van der Waals surface area contributed by atoms with Crippen molar-refractivity contribution in [3.63, 3.8) is 0 Å². The van der Waals surface area contributed by atoms with E-state index in [0.29, 0.717) is 17.3 Å². The fourth-order valence-electron chi connectivity index (χ4n) is 3.48. The van der Waals surface area contributed by atoms with Gasteiger partial charge in [0.2, 0.25) is 0 Å². The molecule has 2 aliphatic heterocycles. The molecular formula is C15H12Br2N2O2. The first-order chi connectivity index (χ1) is 10.1. The lowest BCUT2D eigenvalue weighted by atomic mass is 9.76. The molecule has 0 spiro atoms. The summed E-state index contributed by atoms with van der Waals surface area (Å²) in [5.41, 5.74) is 3.28. The number of aromatic nitrogens is 2. The number of rotatable bonds is 2. The molecule has 6 heteroatoms. The van der Waals surface area contributed by atoms with Gasteiger partial charge in [-0.1, -0.05) is 37.9 Å². The van der Waals surface area contributed by atoms with E-state index in [-0.39, 0.29) is 5.69 Å². The number of carboxylic acid groups (broad SMARTS) is 1. The summed E-state index contributed by atoms with van der Waals surface area (Å²) in [5.74, 6) is 0.400. The molecule has 0 atom stereocenters. The topological polar surface area (TPSA) is 55.1 Å². The largest absolute Gasteiger partial charge is 0.476 e. The molecule has 1 aromatic heterocycles. The van der Waals surface area contributed by atoms with Gasteiger partial charge in [-0.15, -0.1) is 0 Å². The van der Waals surface area contributed by atoms with Crippen LogP contribution in [0.3, 0.4) is 0 Å². The van der Waals surface area contributed by atoms with Gasteiger partial charge >= 0.3 is 5.97 Å². The van der Waals surface area contributed by atoms with Crippen LogP contribution in [-0.2, 0) is 5.33 Å². The predicted octanol–water partition coefficient (Wildman–Crippen LogP) is 4.34. The zero-order valence-corrected chi connectivity index (χ0v) is 14.2. The molecule has 1 aromatic carbocycles. The summed E-state index contributed by atoms with van der Waals surface area (Å²) in [6.07, 6.45) is 2.13. The van der Waals surface area contributed by atoms with E-state index in [2.05, 4.69) is 53.5 Å². The van der Waals surface area contributed by atoms with Gasteiger partial charge in [0, 0.05) is 21.4 Å². The van der Waals surface area contributed by atoms with Crippen LogP contribution in [0.1, 0.15) is 46.5 Å². The van der Waals surface area contributed by atoms with Crippen molar-refractivity contribution in [2.24, 2.45) is 0 Å². The number of alkyl halides is 1. The van der Waals surface area contributed by atoms with Crippen LogP contribution in [-0.4, -0.2) is 20.6 Å². The Morgan fingerprint density at radius 3 is 2.86 bits per heavy atom. The van der Waals surface area contributed by atoms with Gasteiger partial charge < -0.3 is 9.67 Å². The number of hydrogen-bond donors (Lipinski definition) is 1. The lowest BCUT2D eigenvalue weighted by molar-refractivity contribution is 0.0689. The molecule has 3 aliphatic rings. The first-order valence-electron chi connectivity index (χ1n) is 6.80. The first-order valence-corrected chi connectivity index (χ1v) is 8.71. The molecule has 21 heavy (non-hydrogen) atoms. The van der Waals surface area contributed by atoms with Crippen molar-refractivity contribution < 1.29 is 9.90 Å². The molecule has 1 aliphatic carbocycles. The third-order valence-corrected chi connectivity index (χ3v) is 5.54. The molecule has 2 bridgehead atoms. The summed E-state index contributed by atoms with van der Waals surface area (Å²) in [7, 11) is 0. The molecule has 0 amide bonds. The summed E-state index contributed by atoms with van der Waals surface area (Å²) in [6, 6.07) is 6.61. The number of nitrogens with zero attached hydrogens (tertiary/aromatic N) is 2. The standard InChI is InChI=1S/C15H12Br2N2O2/c16-6-12-13(15(20)21)18-14-11-5-8(17)1-2-10(11)7-3-9(4-7)19(12)14/h1-2,5,7,9H,3-4,6H2,(H,20,21). The number of halogens is 2. The van der Waals surface area contributed by atoms with Crippen molar-refractivity contribution in [2.45, 2.75) is 30.1 Å². The zero-order chi connectivity index (χ0) is 14.7. The molecule has 0 unspecified atom stereocenters. The monoisotopic (exact) mass is 410 g/mol. The molecule has 0 saturated heterocycles. The van der Waals surface area contributed by atoms with Crippen LogP contribution < -0.4 is 0 Å². The fraction of sp³-hybridized carbons (Fsp3) is 0.333. The number of hydrogen-bond acceptors (Lipinski definition) is 2. The van der Waals surface area contributed by atoms with Crippen molar-refractivity contribution in [1.29, 1.82) is 0 Å². The number of carboxylic acids is 1. The maximum Gasteiger partial charge on any atom is 0.356 e. The second-order valence-electron chi connectivity index (χ2n) is 5.59. The average Bonchev–Trinajstić information content (AvgIpc) is 2.67. The van der Waals surface area contributed by atoms with Gasteiger partial charge in [0.25, 0.3) is 0 Å². The Labute approximate surface area is 138 Å². The highest BCUT2D eigenvalue weighted by molar-refractivity contribution is 9.10. The van der Waals surface area contributed by atoms with Crippen molar-refractivity contribution >= 4 is 37.8 Å². The van der Waals surface area contributed by atoms with E-state index < -0.39 is 5.97 Å². The van der Waals surface area contributed by atoms with Gasteiger partial charge in [-0.3, -0.25) is 0 Å². The normalized spacial score (nSPS) is 22.0. The van der Waals surface area contributed by atoms with Gasteiger partial charge in [0.15, 0.2) is 5.69 Å². The van der Waals surface area contributed by atoms with Crippen LogP contribution in [0.4, 0.5) is 0 Å². The van der Waals surface area contributed by atoms with Gasteiger partial charge in [-0.2, -0.15) is 0 Å². The van der Waals surface area contributed by atoms with Crippen LogP contribution >= 0.6 is 31.9 Å². The van der Waals surface area contributed by atoms with E-state index >= 15 is 0 Å². The Balaban J connectivity index is 2.05. The molecule has 1 fully saturated rings. The third kappa shape index (κ3) is 1.85. The van der Waals surface area contributed by atoms with E-state index in [1.165, 1.54) is 5.56 Å². The first kappa shape index (κ1) is 13.5. The Bertz CT molecular complexity index is 763. The maximum atomic E-state index is 11.5. The van der Waals surface area contributed by atoms with E-state index in [1.807, 2.05) is 6.07 Å². The quantitative estimate of drug-likeness (QED) is 0.748. The molecule has 108 valence electrons. The molecule has 4 nitrogen and oxygen atoms in total. The molecule has 3 heterocycles. The minimum atomic E-state index is -0.961. The number of carbonyl (C=O) groups is 1. The van der Waals surface area contributed by atoms with Crippen molar-refractivity contribution in [3.05, 3.63) is 39.6 Å². The number of benzene rings is 1. The summed E-state index contributed by atoms with van der Waals surface area (Å²) >= 11 is 6.94. The van der Waals surface area contributed by atoms with Gasteiger partial charge in [-0.05, 0) is 36.5 Å². The van der Waals surface area contributed by atoms with Crippen molar-refractivity contribution in [3.8, 4) is 11.4 Å². The van der Waals surface area contributed by atoms with Crippen LogP contribution in [0, 0.1) is 0 Å². The third-order valence-electron chi connectivity index (χ3n) is 4.51. The van der Waals surface area contributed by atoms with E-state index in [9.17, 15) is 9.90 Å². The lowest BCUT2D eigenvalue weighted by Gasteiger charge is -2.35. The van der Waals surface area contributed by atoms with Crippen LogP contribution in [0.15, 0.2) is 22.7 Å². The highest BCUT2D eigenvalue weighted by Gasteiger charge is 2.40. The summed E-state index contributed by atoms with van der Waals surface area (Å²) in [4.78, 5) is 15.9. The summed E-state index contributed by atoms with van der Waals surface area (Å²) < 4.78 is 3.12. The second kappa shape index (κ2) is 4.68. The van der Waals surface area contributed by atoms with Crippen LogP contribution in [0.2, 0.25) is 0 Å². The molecule has 1 saturated carbocycles. The lowest BCUT2D eigenvalue weighted by Crippen LogP contribution is -2.24. The zero-order valence-electron chi connectivity index (χ0n) is 11.0. The minimum Gasteiger partial charge on any atom is -0.476 e. The minimum absolute atomic E-state index is 0.165. The summed E-state index contributed by atoms with van der Waals surface area (Å²) in [5, 5.41) is 9.92. The Morgan fingerprint density at radius 2 is 2.19 bits per heavy atom. The Kier molecular flexibility index (Phi) is 3.01. The number of aromatic carboxylic acids is 1. The van der Waals surface area contributed by atoms with E-state index in [1.54, 1.807) is 0 Å². The van der Waals surface area contributed by atoms with E-state index in [4.69, 9.17) is 0 Å². The van der Waals surface area contributed by atoms with Crippen molar-refractivity contribution in [1.82, 2.24) is 9.55 Å². The highest BCUT2D eigenvalue weighted by Crippen LogP contribution is 2.53. The van der Waals surface area contributed by atoms with Crippen LogP contribution in [0.5, 0.6) is 0 Å². The molecule has 5 rings (SSSR count). The second-order valence-corrected chi connectivity index (χ2v) is 7.07. The Hall–Kier alpha value is -1.14. The molecule has 2 aromatic rings. The highest BCUT2D eigenvalue weighted by atomic mass is 79.9. The van der Waals surface area contributed by atoms with Gasteiger partial charge in [-0.25, -0.2) is 9.78 Å². The average molecular weight is 412 g/mol. The van der Waals surface area contributed by atoms with Gasteiger partial charge in [0.05, 0.1) is 5.69 Å². The van der Waals surface area contributed by atoms with Crippen molar-refractivity contribution in [2.75, 3.05) is 0 Å². The maximum absolute atomic E-state index is 11.5. The molecule has 0 radical (unpaired) electrons. The predicted molar refractivity (Wildman–Crippen MR) is 86.0 cm³/mol. The fourth-order valence-corrected chi connectivity index (χ4v) is 4.38. The number of imidazole rings is 1. The molecule has 1 N–H and O–H groups in total. The summed E-state index contributed by atoms with van der Waals surface area (Å²) in [6.45, 7) is 0. The smallest absolute Gasteiger partial charge is 0.356 e. The van der Waals surface area contributed by atoms with Gasteiger partial charge in [0.1, 0.15) is 5.82 Å². The van der Waals surface area contributed by atoms with E-state index in [0.717, 1.165) is 34.4 Å². The van der Waals surface area contributed by atoms with Crippen LogP contribution in [0.25, 0.3) is 11.4 Å².